The molecule has 0 aliphatic rings. The second-order valence-electron chi connectivity index (χ2n) is 4.37. The molecular formula is C13H18N2O2S. The highest BCUT2D eigenvalue weighted by molar-refractivity contribution is 7.92. The van der Waals surface area contributed by atoms with Crippen LogP contribution in [0.4, 0.5) is 0 Å². The molecule has 0 amide bonds. The second kappa shape index (κ2) is 5.98. The van der Waals surface area contributed by atoms with E-state index in [1.54, 1.807) is 45.2 Å². The zero-order chi connectivity index (χ0) is 13.8. The van der Waals surface area contributed by atoms with Crippen LogP contribution in [0.15, 0.2) is 29.2 Å². The van der Waals surface area contributed by atoms with E-state index in [0.29, 0.717) is 11.3 Å². The molecule has 0 aliphatic heterocycles. The van der Waals surface area contributed by atoms with Crippen LogP contribution in [0.25, 0.3) is 0 Å². The number of benzene rings is 1. The zero-order valence-electron chi connectivity index (χ0n) is 10.8. The summed E-state index contributed by atoms with van der Waals surface area (Å²) in [6.45, 7) is 3.32. The Labute approximate surface area is 109 Å². The molecule has 0 heterocycles. The van der Waals surface area contributed by atoms with Gasteiger partial charge in [0.25, 0.3) is 0 Å². The van der Waals surface area contributed by atoms with Crippen LogP contribution in [-0.4, -0.2) is 20.7 Å². The summed E-state index contributed by atoms with van der Waals surface area (Å²) >= 11 is 0. The van der Waals surface area contributed by atoms with Crippen molar-refractivity contribution in [3.8, 4) is 6.07 Å². The molecule has 1 atom stereocenters. The van der Waals surface area contributed by atoms with Gasteiger partial charge in [-0.3, -0.25) is 0 Å². The van der Waals surface area contributed by atoms with Gasteiger partial charge in [-0.1, -0.05) is 12.1 Å². The number of nitrogens with zero attached hydrogens (tertiary/aromatic N) is 1. The van der Waals surface area contributed by atoms with Crippen molar-refractivity contribution in [2.45, 2.75) is 36.5 Å². The monoisotopic (exact) mass is 266 g/mol. The van der Waals surface area contributed by atoms with E-state index in [-0.39, 0.29) is 6.04 Å². The standard InChI is InChI=1S/C13H18N2O2S/c1-10(2)18(16,17)12-6-4-11(5-7-12)13(15-3)8-9-14/h4-7,10,13,15H,8H2,1-3H3. The highest BCUT2D eigenvalue weighted by Crippen LogP contribution is 2.21. The van der Waals surface area contributed by atoms with Gasteiger partial charge < -0.3 is 5.32 Å². The number of hydrogen-bond acceptors (Lipinski definition) is 4. The average Bonchev–Trinajstić information content (AvgIpc) is 2.36. The molecule has 0 saturated carbocycles. The Hall–Kier alpha value is -1.38. The van der Waals surface area contributed by atoms with Crippen LogP contribution in [0.5, 0.6) is 0 Å². The van der Waals surface area contributed by atoms with Crippen LogP contribution in [0, 0.1) is 11.3 Å². The van der Waals surface area contributed by atoms with Crippen molar-refractivity contribution in [1.82, 2.24) is 5.32 Å². The quantitative estimate of drug-likeness (QED) is 0.885. The van der Waals surface area contributed by atoms with Crippen molar-refractivity contribution >= 4 is 9.84 Å². The third kappa shape index (κ3) is 3.09. The molecule has 0 radical (unpaired) electrons. The van der Waals surface area contributed by atoms with Crippen molar-refractivity contribution < 1.29 is 8.42 Å². The fourth-order valence-corrected chi connectivity index (χ4v) is 2.70. The van der Waals surface area contributed by atoms with Crippen molar-refractivity contribution in [3.63, 3.8) is 0 Å². The van der Waals surface area contributed by atoms with Crippen LogP contribution in [0.3, 0.4) is 0 Å². The van der Waals surface area contributed by atoms with Gasteiger partial charge >= 0.3 is 0 Å². The summed E-state index contributed by atoms with van der Waals surface area (Å²) in [4.78, 5) is 0.327. The van der Waals surface area contributed by atoms with E-state index < -0.39 is 15.1 Å². The van der Waals surface area contributed by atoms with Crippen LogP contribution in [-0.2, 0) is 9.84 Å². The van der Waals surface area contributed by atoms with E-state index in [1.165, 1.54) is 0 Å². The van der Waals surface area contributed by atoms with E-state index in [2.05, 4.69) is 11.4 Å². The molecule has 1 rings (SSSR count). The summed E-state index contributed by atoms with van der Waals surface area (Å²) < 4.78 is 23.9. The molecule has 5 heteroatoms. The lowest BCUT2D eigenvalue weighted by Crippen LogP contribution is -2.17. The maximum absolute atomic E-state index is 11.9. The van der Waals surface area contributed by atoms with E-state index >= 15 is 0 Å². The lowest BCUT2D eigenvalue weighted by Gasteiger charge is -2.14. The Bertz CT molecular complexity index is 527. The first-order chi connectivity index (χ1) is 8.43. The molecule has 0 spiro atoms. The van der Waals surface area contributed by atoms with E-state index in [4.69, 9.17) is 5.26 Å². The summed E-state index contributed by atoms with van der Waals surface area (Å²) in [6, 6.07) is 8.76. The summed E-state index contributed by atoms with van der Waals surface area (Å²) in [5, 5.41) is 11.3. The van der Waals surface area contributed by atoms with Gasteiger partial charge in [0, 0.05) is 6.04 Å². The van der Waals surface area contributed by atoms with Gasteiger partial charge in [0.15, 0.2) is 9.84 Å². The van der Waals surface area contributed by atoms with E-state index in [0.717, 1.165) is 5.56 Å². The summed E-state index contributed by atoms with van der Waals surface area (Å²) in [6.07, 6.45) is 0.354. The third-order valence-electron chi connectivity index (χ3n) is 2.88. The molecule has 0 bridgehead atoms. The average molecular weight is 266 g/mol. The van der Waals surface area contributed by atoms with Gasteiger partial charge in [0.1, 0.15) is 0 Å². The van der Waals surface area contributed by atoms with Crippen molar-refractivity contribution in [2.75, 3.05) is 7.05 Å². The Morgan fingerprint density at radius 1 is 1.28 bits per heavy atom. The number of hydrogen-bond donors (Lipinski definition) is 1. The largest absolute Gasteiger partial charge is 0.312 e. The first-order valence-corrected chi connectivity index (χ1v) is 7.36. The Kier molecular flexibility index (Phi) is 4.88. The van der Waals surface area contributed by atoms with Gasteiger partial charge in [0.2, 0.25) is 0 Å². The van der Waals surface area contributed by atoms with Crippen molar-refractivity contribution in [3.05, 3.63) is 29.8 Å². The number of nitriles is 1. The summed E-state index contributed by atoms with van der Waals surface area (Å²) in [5.41, 5.74) is 0.918. The summed E-state index contributed by atoms with van der Waals surface area (Å²) in [7, 11) is -1.45. The van der Waals surface area contributed by atoms with Crippen LogP contribution in [0.1, 0.15) is 31.9 Å². The first-order valence-electron chi connectivity index (χ1n) is 5.81. The maximum Gasteiger partial charge on any atom is 0.180 e. The lowest BCUT2D eigenvalue weighted by molar-refractivity contribution is 0.586. The minimum absolute atomic E-state index is 0.0641. The Morgan fingerprint density at radius 2 is 1.83 bits per heavy atom. The van der Waals surface area contributed by atoms with Gasteiger partial charge in [0.05, 0.1) is 22.6 Å². The highest BCUT2D eigenvalue weighted by Gasteiger charge is 2.19. The fraction of sp³-hybridized carbons (Fsp3) is 0.462. The highest BCUT2D eigenvalue weighted by atomic mass is 32.2. The molecule has 0 aromatic heterocycles. The Morgan fingerprint density at radius 3 is 2.22 bits per heavy atom. The summed E-state index contributed by atoms with van der Waals surface area (Å²) in [5.74, 6) is 0. The number of rotatable bonds is 5. The second-order valence-corrected chi connectivity index (χ2v) is 6.87. The van der Waals surface area contributed by atoms with Crippen molar-refractivity contribution in [1.29, 1.82) is 5.26 Å². The zero-order valence-corrected chi connectivity index (χ0v) is 11.7. The van der Waals surface area contributed by atoms with Crippen LogP contribution >= 0.6 is 0 Å². The van der Waals surface area contributed by atoms with Gasteiger partial charge in [-0.25, -0.2) is 8.42 Å². The van der Waals surface area contributed by atoms with Gasteiger partial charge in [-0.2, -0.15) is 5.26 Å². The normalized spacial score (nSPS) is 13.3. The van der Waals surface area contributed by atoms with E-state index in [9.17, 15) is 8.42 Å². The SMILES string of the molecule is CNC(CC#N)c1ccc(S(=O)(=O)C(C)C)cc1. The lowest BCUT2D eigenvalue weighted by atomic mass is 10.1. The molecule has 0 saturated heterocycles. The fourth-order valence-electron chi connectivity index (χ4n) is 1.64. The van der Waals surface area contributed by atoms with Crippen LogP contribution in [0.2, 0.25) is 0 Å². The molecule has 4 nitrogen and oxygen atoms in total. The number of nitrogens with one attached hydrogen (secondary N) is 1. The minimum atomic E-state index is -3.22. The molecule has 1 aromatic rings. The third-order valence-corrected chi connectivity index (χ3v) is 5.05. The molecule has 0 fully saturated rings. The van der Waals surface area contributed by atoms with E-state index in [1.807, 2.05) is 0 Å². The molecule has 98 valence electrons. The van der Waals surface area contributed by atoms with Gasteiger partial charge in [-0.15, -0.1) is 0 Å². The molecule has 1 aromatic carbocycles. The molecule has 18 heavy (non-hydrogen) atoms. The topological polar surface area (TPSA) is 70.0 Å². The predicted octanol–water partition coefficient (Wildman–Crippen LogP) is 2.04. The Balaban J connectivity index is 3.04. The molecular weight excluding hydrogens is 248 g/mol. The molecule has 1 unspecified atom stereocenters. The van der Waals surface area contributed by atoms with Gasteiger partial charge in [-0.05, 0) is 38.6 Å². The predicted molar refractivity (Wildman–Crippen MR) is 70.8 cm³/mol. The molecule has 0 aliphatic carbocycles. The van der Waals surface area contributed by atoms with Crippen molar-refractivity contribution in [2.24, 2.45) is 0 Å². The maximum atomic E-state index is 11.9. The minimum Gasteiger partial charge on any atom is -0.312 e. The molecule has 1 N–H and O–H groups in total. The first kappa shape index (κ1) is 14.7. The smallest absolute Gasteiger partial charge is 0.180 e. The van der Waals surface area contributed by atoms with Crippen LogP contribution < -0.4 is 5.32 Å². The number of sulfone groups is 1.